The standard InChI is InChI=1S/C42H48O9/c1-6-9-27-35(43)49-37-34(48-41(46-5)39(50-36(44)28-10-7-2)38(37)51-40(45)30(4)20-8-3)29-47-42(31-21-14-11-15-22-31,32-23-16-12-17-24-32)33-25-18-13-19-26-33/h6-8,11-19,21-26,30,34,37-39,41H,1-3,9-10,20,27-29H2,4-5H3/t30-,34+,37+,38-,39+,41-/m0/s1. The minimum Gasteiger partial charge on any atom is -0.455 e. The van der Waals surface area contributed by atoms with Gasteiger partial charge < -0.3 is 28.4 Å². The van der Waals surface area contributed by atoms with Crippen LogP contribution in [-0.2, 0) is 48.4 Å². The van der Waals surface area contributed by atoms with E-state index in [1.165, 1.54) is 7.11 Å². The molecule has 0 amide bonds. The zero-order valence-corrected chi connectivity index (χ0v) is 29.4. The highest BCUT2D eigenvalue weighted by atomic mass is 16.7. The van der Waals surface area contributed by atoms with E-state index in [0.717, 1.165) is 16.7 Å². The van der Waals surface area contributed by atoms with E-state index in [4.69, 9.17) is 28.4 Å². The number of allylic oxidation sites excluding steroid dienone is 3. The average molecular weight is 697 g/mol. The lowest BCUT2D eigenvalue weighted by Gasteiger charge is -2.45. The van der Waals surface area contributed by atoms with Gasteiger partial charge in [-0.3, -0.25) is 14.4 Å². The second-order valence-corrected chi connectivity index (χ2v) is 12.3. The summed E-state index contributed by atoms with van der Waals surface area (Å²) in [7, 11) is 1.39. The van der Waals surface area contributed by atoms with Gasteiger partial charge in [-0.05, 0) is 36.0 Å². The Kier molecular flexibility index (Phi) is 14.9. The molecule has 0 N–H and O–H groups in total. The Morgan fingerprint density at radius 1 is 0.706 bits per heavy atom. The summed E-state index contributed by atoms with van der Waals surface area (Å²) in [5, 5.41) is 0. The number of carbonyl (C=O) groups excluding carboxylic acids is 3. The molecule has 9 nitrogen and oxygen atoms in total. The Morgan fingerprint density at radius 2 is 1.18 bits per heavy atom. The molecular weight excluding hydrogens is 648 g/mol. The van der Waals surface area contributed by atoms with E-state index in [2.05, 4.69) is 19.7 Å². The quantitative estimate of drug-likeness (QED) is 0.0555. The largest absolute Gasteiger partial charge is 0.455 e. The summed E-state index contributed by atoms with van der Waals surface area (Å²) in [6, 6.07) is 29.3. The first kappa shape index (κ1) is 39.0. The molecule has 1 fully saturated rings. The van der Waals surface area contributed by atoms with E-state index in [-0.39, 0.29) is 19.4 Å². The second-order valence-electron chi connectivity index (χ2n) is 12.3. The highest BCUT2D eigenvalue weighted by Crippen LogP contribution is 2.41. The molecule has 0 bridgehead atoms. The molecule has 0 spiro atoms. The lowest BCUT2D eigenvalue weighted by atomic mass is 9.80. The fraction of sp³-hybridized carbons (Fsp3) is 0.357. The molecule has 1 aliphatic rings. The number of hydrogen-bond acceptors (Lipinski definition) is 9. The third kappa shape index (κ3) is 9.91. The van der Waals surface area contributed by atoms with Gasteiger partial charge in [0.2, 0.25) is 0 Å². The monoisotopic (exact) mass is 696 g/mol. The normalized spacial score (nSPS) is 20.7. The van der Waals surface area contributed by atoms with Crippen LogP contribution in [0.5, 0.6) is 0 Å². The number of rotatable bonds is 19. The summed E-state index contributed by atoms with van der Waals surface area (Å²) >= 11 is 0. The Hall–Kier alpha value is -4.83. The van der Waals surface area contributed by atoms with Crippen molar-refractivity contribution < 1.29 is 42.8 Å². The van der Waals surface area contributed by atoms with E-state index >= 15 is 0 Å². The van der Waals surface area contributed by atoms with Crippen LogP contribution in [0.1, 0.15) is 55.7 Å². The molecule has 0 unspecified atom stereocenters. The van der Waals surface area contributed by atoms with Gasteiger partial charge in [0.25, 0.3) is 0 Å². The van der Waals surface area contributed by atoms with Crippen LogP contribution in [0.15, 0.2) is 129 Å². The molecule has 270 valence electrons. The molecule has 1 aliphatic heterocycles. The van der Waals surface area contributed by atoms with Gasteiger partial charge in [0.1, 0.15) is 11.7 Å². The van der Waals surface area contributed by atoms with Gasteiger partial charge in [0.15, 0.2) is 24.6 Å². The number of hydrogen-bond donors (Lipinski definition) is 0. The smallest absolute Gasteiger partial charge is 0.309 e. The molecule has 1 saturated heterocycles. The molecule has 0 aliphatic carbocycles. The van der Waals surface area contributed by atoms with Crippen molar-refractivity contribution in [3.8, 4) is 0 Å². The van der Waals surface area contributed by atoms with Crippen molar-refractivity contribution in [3.63, 3.8) is 0 Å². The lowest BCUT2D eigenvalue weighted by Crippen LogP contribution is -2.63. The highest BCUT2D eigenvalue weighted by molar-refractivity contribution is 5.73. The van der Waals surface area contributed by atoms with E-state index < -0.39 is 60.1 Å². The molecule has 3 aromatic rings. The van der Waals surface area contributed by atoms with Gasteiger partial charge in [0.05, 0.1) is 12.5 Å². The van der Waals surface area contributed by atoms with Crippen LogP contribution in [0.25, 0.3) is 0 Å². The van der Waals surface area contributed by atoms with E-state index in [0.29, 0.717) is 19.3 Å². The third-order valence-corrected chi connectivity index (χ3v) is 8.64. The van der Waals surface area contributed by atoms with Crippen LogP contribution >= 0.6 is 0 Å². The predicted octanol–water partition coefficient (Wildman–Crippen LogP) is 7.25. The molecule has 0 aromatic heterocycles. The van der Waals surface area contributed by atoms with Crippen LogP contribution in [-0.4, -0.2) is 62.3 Å². The maximum Gasteiger partial charge on any atom is 0.309 e. The Labute approximate surface area is 300 Å². The maximum atomic E-state index is 13.5. The van der Waals surface area contributed by atoms with Crippen molar-refractivity contribution in [3.05, 3.63) is 146 Å². The Balaban J connectivity index is 1.83. The summed E-state index contributed by atoms with van der Waals surface area (Å²) in [5.41, 5.74) is 1.38. The van der Waals surface area contributed by atoms with Gasteiger partial charge in [-0.2, -0.15) is 0 Å². The fourth-order valence-corrected chi connectivity index (χ4v) is 6.04. The van der Waals surface area contributed by atoms with Crippen molar-refractivity contribution in [2.75, 3.05) is 13.7 Å². The SMILES string of the molecule is C=CCCC(=O)O[C@H]1[C@@H](OC)O[C@H](COC(c2ccccc2)(c2ccccc2)c2ccccc2)[C@@H](OC(=O)CCC=C)[C@@H]1OC(=O)[C@@H](C)CC=C. The molecule has 0 radical (unpaired) electrons. The Bertz CT molecular complexity index is 1480. The number of methoxy groups -OCH3 is 1. The van der Waals surface area contributed by atoms with Gasteiger partial charge in [-0.15, -0.1) is 19.7 Å². The average Bonchev–Trinajstić information content (AvgIpc) is 3.16. The summed E-state index contributed by atoms with van der Waals surface area (Å²) in [5.74, 6) is -2.35. The van der Waals surface area contributed by atoms with Crippen molar-refractivity contribution in [2.45, 2.75) is 75.3 Å². The predicted molar refractivity (Wildman–Crippen MR) is 193 cm³/mol. The number of benzene rings is 3. The third-order valence-electron chi connectivity index (χ3n) is 8.64. The lowest BCUT2D eigenvalue weighted by molar-refractivity contribution is -0.307. The second kappa shape index (κ2) is 19.5. The zero-order chi connectivity index (χ0) is 36.6. The first-order chi connectivity index (χ1) is 24.8. The van der Waals surface area contributed by atoms with Crippen molar-refractivity contribution >= 4 is 17.9 Å². The van der Waals surface area contributed by atoms with E-state index in [1.807, 2.05) is 91.0 Å². The van der Waals surface area contributed by atoms with E-state index in [9.17, 15) is 14.4 Å². The van der Waals surface area contributed by atoms with Crippen LogP contribution in [0.4, 0.5) is 0 Å². The van der Waals surface area contributed by atoms with Crippen LogP contribution in [0, 0.1) is 5.92 Å². The molecule has 0 saturated carbocycles. The van der Waals surface area contributed by atoms with Crippen molar-refractivity contribution in [2.24, 2.45) is 5.92 Å². The molecule has 3 aromatic carbocycles. The van der Waals surface area contributed by atoms with Gasteiger partial charge in [-0.1, -0.05) is 116 Å². The summed E-state index contributed by atoms with van der Waals surface area (Å²) in [4.78, 5) is 39.8. The molecule has 4 rings (SSSR count). The minimum absolute atomic E-state index is 0.0145. The summed E-state index contributed by atoms with van der Waals surface area (Å²) < 4.78 is 37.3. The highest BCUT2D eigenvalue weighted by Gasteiger charge is 2.54. The van der Waals surface area contributed by atoms with Crippen molar-refractivity contribution in [1.82, 2.24) is 0 Å². The van der Waals surface area contributed by atoms with Gasteiger partial charge in [0, 0.05) is 20.0 Å². The molecular formula is C42H48O9. The number of esters is 3. The first-order valence-electron chi connectivity index (χ1n) is 17.2. The fourth-order valence-electron chi connectivity index (χ4n) is 6.04. The van der Waals surface area contributed by atoms with Crippen LogP contribution < -0.4 is 0 Å². The number of carbonyl (C=O) groups is 3. The Morgan fingerprint density at radius 3 is 1.61 bits per heavy atom. The maximum absolute atomic E-state index is 13.5. The zero-order valence-electron chi connectivity index (χ0n) is 29.4. The minimum atomic E-state index is -1.31. The molecule has 1 heterocycles. The molecule has 9 heteroatoms. The molecule has 51 heavy (non-hydrogen) atoms. The molecule has 6 atom stereocenters. The van der Waals surface area contributed by atoms with Crippen LogP contribution in [0.3, 0.4) is 0 Å². The first-order valence-corrected chi connectivity index (χ1v) is 17.2. The van der Waals surface area contributed by atoms with E-state index in [1.54, 1.807) is 25.2 Å². The summed E-state index contributed by atoms with van der Waals surface area (Å²) in [6.07, 6.45) is -0.195. The summed E-state index contributed by atoms with van der Waals surface area (Å²) in [6.45, 7) is 12.7. The van der Waals surface area contributed by atoms with Crippen LogP contribution in [0.2, 0.25) is 0 Å². The topological polar surface area (TPSA) is 107 Å². The van der Waals surface area contributed by atoms with Crippen molar-refractivity contribution in [1.29, 1.82) is 0 Å². The number of ether oxygens (including phenoxy) is 6. The van der Waals surface area contributed by atoms with Gasteiger partial charge >= 0.3 is 17.9 Å². The van der Waals surface area contributed by atoms with Gasteiger partial charge in [-0.25, -0.2) is 0 Å².